The Labute approximate surface area is 182 Å². The van der Waals surface area contributed by atoms with Crippen LogP contribution in [-0.4, -0.2) is 35.3 Å². The van der Waals surface area contributed by atoms with Gasteiger partial charge in [-0.15, -0.1) is 0 Å². The first-order valence-corrected chi connectivity index (χ1v) is 9.94. The first kappa shape index (κ1) is 21.6. The van der Waals surface area contributed by atoms with Gasteiger partial charge in [-0.1, -0.05) is 30.3 Å². The standard InChI is InChI=1S/C22H20BrFN4O2/c1-28(14-20(29)27-19-12-7-16(23)13-25-19)21(15-5-3-2-4-6-15)22(30)26-18-10-8-17(24)9-11-18/h2-13,21H,14H2,1H3,(H,26,30)(H,25,27,29). The van der Waals surface area contributed by atoms with Gasteiger partial charge >= 0.3 is 0 Å². The van der Waals surface area contributed by atoms with Gasteiger partial charge in [-0.25, -0.2) is 9.37 Å². The van der Waals surface area contributed by atoms with E-state index in [9.17, 15) is 14.0 Å². The third kappa shape index (κ3) is 5.95. The van der Waals surface area contributed by atoms with Crippen LogP contribution >= 0.6 is 15.9 Å². The number of likely N-dealkylation sites (N-methyl/N-ethyl adjacent to an activating group) is 1. The molecule has 154 valence electrons. The normalized spacial score (nSPS) is 11.7. The summed E-state index contributed by atoms with van der Waals surface area (Å²) in [7, 11) is 1.69. The van der Waals surface area contributed by atoms with Crippen LogP contribution in [0.25, 0.3) is 0 Å². The van der Waals surface area contributed by atoms with Gasteiger partial charge in [0.05, 0.1) is 6.54 Å². The smallest absolute Gasteiger partial charge is 0.246 e. The van der Waals surface area contributed by atoms with Crippen LogP contribution in [0.15, 0.2) is 77.4 Å². The molecular formula is C22H20BrFN4O2. The van der Waals surface area contributed by atoms with E-state index < -0.39 is 6.04 Å². The number of hydrogen-bond acceptors (Lipinski definition) is 4. The number of aromatic nitrogens is 1. The Bertz CT molecular complexity index is 998. The summed E-state index contributed by atoms with van der Waals surface area (Å²) in [4.78, 5) is 31.3. The Morgan fingerprint density at radius 2 is 1.73 bits per heavy atom. The molecule has 0 saturated heterocycles. The van der Waals surface area contributed by atoms with Crippen LogP contribution in [0.4, 0.5) is 15.9 Å². The summed E-state index contributed by atoms with van der Waals surface area (Å²) in [5, 5.41) is 5.50. The van der Waals surface area contributed by atoms with Gasteiger partial charge in [-0.05, 0) is 64.9 Å². The van der Waals surface area contributed by atoms with Gasteiger partial charge in [0.1, 0.15) is 17.7 Å². The Kier molecular flexibility index (Phi) is 7.26. The Morgan fingerprint density at radius 1 is 1.03 bits per heavy atom. The molecule has 0 aliphatic heterocycles. The van der Waals surface area contributed by atoms with Crippen LogP contribution in [0.1, 0.15) is 11.6 Å². The second-order valence-corrected chi connectivity index (χ2v) is 7.55. The third-order valence-electron chi connectivity index (χ3n) is 4.30. The zero-order valence-corrected chi connectivity index (χ0v) is 17.8. The Morgan fingerprint density at radius 3 is 2.37 bits per heavy atom. The highest BCUT2D eigenvalue weighted by atomic mass is 79.9. The fraction of sp³-hybridized carbons (Fsp3) is 0.136. The van der Waals surface area contributed by atoms with E-state index in [0.29, 0.717) is 11.5 Å². The molecule has 3 aromatic rings. The molecule has 0 radical (unpaired) electrons. The zero-order valence-electron chi connectivity index (χ0n) is 16.2. The lowest BCUT2D eigenvalue weighted by atomic mass is 10.0. The molecule has 2 N–H and O–H groups in total. The van der Waals surface area contributed by atoms with Crippen molar-refractivity contribution in [3.8, 4) is 0 Å². The van der Waals surface area contributed by atoms with E-state index in [4.69, 9.17) is 0 Å². The monoisotopic (exact) mass is 470 g/mol. The largest absolute Gasteiger partial charge is 0.324 e. The highest BCUT2D eigenvalue weighted by molar-refractivity contribution is 9.10. The van der Waals surface area contributed by atoms with Gasteiger partial charge in [0.15, 0.2) is 0 Å². The lowest BCUT2D eigenvalue weighted by Gasteiger charge is -2.27. The minimum atomic E-state index is -0.722. The van der Waals surface area contributed by atoms with E-state index in [1.807, 2.05) is 30.3 Å². The van der Waals surface area contributed by atoms with Gasteiger partial charge in [0, 0.05) is 16.4 Å². The molecule has 0 spiro atoms. The van der Waals surface area contributed by atoms with Gasteiger partial charge < -0.3 is 10.6 Å². The van der Waals surface area contributed by atoms with Crippen molar-refractivity contribution in [2.75, 3.05) is 24.2 Å². The predicted molar refractivity (Wildman–Crippen MR) is 117 cm³/mol. The number of amides is 2. The molecule has 2 amide bonds. The second kappa shape index (κ2) is 10.1. The van der Waals surface area contributed by atoms with Crippen LogP contribution in [0.2, 0.25) is 0 Å². The average molecular weight is 471 g/mol. The van der Waals surface area contributed by atoms with Crippen LogP contribution < -0.4 is 10.6 Å². The van der Waals surface area contributed by atoms with Gasteiger partial charge in [-0.3, -0.25) is 14.5 Å². The van der Waals surface area contributed by atoms with Gasteiger partial charge in [0.25, 0.3) is 0 Å². The fourth-order valence-corrected chi connectivity index (χ4v) is 3.17. The predicted octanol–water partition coefficient (Wildman–Crippen LogP) is 4.23. The number of halogens is 2. The number of nitrogens with zero attached hydrogens (tertiary/aromatic N) is 2. The van der Waals surface area contributed by atoms with Crippen LogP contribution in [0, 0.1) is 5.82 Å². The van der Waals surface area contributed by atoms with E-state index in [1.165, 1.54) is 24.3 Å². The van der Waals surface area contributed by atoms with Crippen LogP contribution in [0.5, 0.6) is 0 Å². The SMILES string of the molecule is CN(CC(=O)Nc1ccc(Br)cn1)C(C(=O)Nc1ccc(F)cc1)c1ccccc1. The summed E-state index contributed by atoms with van der Waals surface area (Å²) in [6, 6.07) is 17.4. The number of rotatable bonds is 7. The molecule has 30 heavy (non-hydrogen) atoms. The minimum absolute atomic E-state index is 0.0336. The zero-order chi connectivity index (χ0) is 21.5. The maximum atomic E-state index is 13.1. The quantitative estimate of drug-likeness (QED) is 0.541. The Balaban J connectivity index is 1.74. The first-order valence-electron chi connectivity index (χ1n) is 9.15. The van der Waals surface area contributed by atoms with E-state index in [0.717, 1.165) is 10.0 Å². The summed E-state index contributed by atoms with van der Waals surface area (Å²) in [5.41, 5.74) is 1.20. The van der Waals surface area contributed by atoms with Crippen molar-refractivity contribution in [1.82, 2.24) is 9.88 Å². The number of pyridine rings is 1. The second-order valence-electron chi connectivity index (χ2n) is 6.63. The number of benzene rings is 2. The molecule has 1 heterocycles. The molecule has 1 aromatic heterocycles. The summed E-state index contributed by atoms with van der Waals surface area (Å²) in [6.45, 7) is -0.0336. The molecule has 8 heteroatoms. The molecule has 0 saturated carbocycles. The van der Waals surface area contributed by atoms with E-state index in [1.54, 1.807) is 30.3 Å². The molecule has 0 aliphatic rings. The lowest BCUT2D eigenvalue weighted by Crippen LogP contribution is -2.39. The molecule has 3 rings (SSSR count). The van der Waals surface area contributed by atoms with Crippen molar-refractivity contribution in [2.24, 2.45) is 0 Å². The molecule has 2 aromatic carbocycles. The van der Waals surface area contributed by atoms with E-state index in [2.05, 4.69) is 31.5 Å². The molecule has 0 bridgehead atoms. The first-order chi connectivity index (χ1) is 14.4. The van der Waals surface area contributed by atoms with Gasteiger partial charge in [0.2, 0.25) is 11.8 Å². The summed E-state index contributed by atoms with van der Waals surface area (Å²) >= 11 is 3.30. The van der Waals surface area contributed by atoms with Gasteiger partial charge in [-0.2, -0.15) is 0 Å². The van der Waals surface area contributed by atoms with E-state index in [-0.39, 0.29) is 24.2 Å². The molecule has 1 unspecified atom stereocenters. The maximum absolute atomic E-state index is 13.1. The fourth-order valence-electron chi connectivity index (χ4n) is 2.94. The lowest BCUT2D eigenvalue weighted by molar-refractivity contribution is -0.123. The van der Waals surface area contributed by atoms with Crippen molar-refractivity contribution < 1.29 is 14.0 Å². The number of nitrogens with one attached hydrogen (secondary N) is 2. The number of anilines is 2. The summed E-state index contributed by atoms with van der Waals surface area (Å²) in [6.07, 6.45) is 1.59. The number of hydrogen-bond donors (Lipinski definition) is 2. The highest BCUT2D eigenvalue weighted by Crippen LogP contribution is 2.22. The van der Waals surface area contributed by atoms with Crippen molar-refractivity contribution in [1.29, 1.82) is 0 Å². The van der Waals surface area contributed by atoms with E-state index >= 15 is 0 Å². The highest BCUT2D eigenvalue weighted by Gasteiger charge is 2.26. The topological polar surface area (TPSA) is 74.3 Å². The van der Waals surface area contributed by atoms with Crippen molar-refractivity contribution in [3.63, 3.8) is 0 Å². The maximum Gasteiger partial charge on any atom is 0.246 e. The average Bonchev–Trinajstić information content (AvgIpc) is 2.72. The van der Waals surface area contributed by atoms with Crippen molar-refractivity contribution in [2.45, 2.75) is 6.04 Å². The summed E-state index contributed by atoms with van der Waals surface area (Å²) < 4.78 is 14.0. The van der Waals surface area contributed by atoms with Crippen LogP contribution in [0.3, 0.4) is 0 Å². The number of carbonyl (C=O) groups is 2. The molecule has 0 aliphatic carbocycles. The van der Waals surface area contributed by atoms with Crippen LogP contribution in [-0.2, 0) is 9.59 Å². The Hall–Kier alpha value is -3.10. The number of carbonyl (C=O) groups excluding carboxylic acids is 2. The molecule has 6 nitrogen and oxygen atoms in total. The van der Waals surface area contributed by atoms with Crippen molar-refractivity contribution >= 4 is 39.2 Å². The summed E-state index contributed by atoms with van der Waals surface area (Å²) in [5.74, 6) is -0.598. The molecule has 1 atom stereocenters. The molecular weight excluding hydrogens is 451 g/mol. The minimum Gasteiger partial charge on any atom is -0.324 e. The third-order valence-corrected chi connectivity index (χ3v) is 4.77. The molecule has 0 fully saturated rings. The van der Waals surface area contributed by atoms with Crippen molar-refractivity contribution in [3.05, 3.63) is 88.8 Å².